The summed E-state index contributed by atoms with van der Waals surface area (Å²) < 4.78 is 1.10. The fraction of sp³-hybridized carbons (Fsp3) is 0.143. The molecule has 0 aromatic heterocycles. The maximum absolute atomic E-state index is 5.86. The number of aryl methyl sites for hydroxylation is 2. The highest BCUT2D eigenvalue weighted by Crippen LogP contribution is 2.24. The van der Waals surface area contributed by atoms with E-state index in [0.29, 0.717) is 0 Å². The second kappa shape index (κ2) is 4.46. The minimum atomic E-state index is 0.813. The lowest BCUT2D eigenvalue weighted by Gasteiger charge is -2.07. The molecule has 2 aromatic carbocycles. The van der Waals surface area contributed by atoms with Crippen molar-refractivity contribution < 1.29 is 0 Å². The van der Waals surface area contributed by atoms with Gasteiger partial charge >= 0.3 is 0 Å². The third-order valence-corrected chi connectivity index (χ3v) is 2.93. The lowest BCUT2D eigenvalue weighted by Crippen LogP contribution is -2.02. The predicted molar refractivity (Wildman–Crippen MR) is 74.4 cm³/mol. The average molecular weight is 271 g/mol. The van der Waals surface area contributed by atoms with Crippen molar-refractivity contribution in [2.45, 2.75) is 13.8 Å². The van der Waals surface area contributed by atoms with Crippen LogP contribution in [0.25, 0.3) is 11.1 Å². The molecular weight excluding hydrogens is 259 g/mol. The van der Waals surface area contributed by atoms with Crippen LogP contribution in [-0.4, -0.2) is 7.85 Å². The van der Waals surface area contributed by atoms with Gasteiger partial charge in [-0.3, -0.25) is 0 Å². The number of hydrogen-bond acceptors (Lipinski definition) is 0. The van der Waals surface area contributed by atoms with Crippen molar-refractivity contribution >= 4 is 29.2 Å². The third-order valence-electron chi connectivity index (χ3n) is 2.48. The summed E-state index contributed by atoms with van der Waals surface area (Å²) in [6.07, 6.45) is 0. The molecule has 16 heavy (non-hydrogen) atoms. The molecule has 78 valence electrons. The van der Waals surface area contributed by atoms with E-state index in [-0.39, 0.29) is 0 Å². The van der Waals surface area contributed by atoms with E-state index in [1.165, 1.54) is 22.3 Å². The first-order chi connectivity index (χ1) is 7.54. The summed E-state index contributed by atoms with van der Waals surface area (Å²) >= 11 is 3.52. The van der Waals surface area contributed by atoms with Crippen molar-refractivity contribution in [3.05, 3.63) is 52.0 Å². The van der Waals surface area contributed by atoms with Gasteiger partial charge in [0.15, 0.2) is 0 Å². The van der Waals surface area contributed by atoms with Crippen molar-refractivity contribution in [2.75, 3.05) is 0 Å². The lowest BCUT2D eigenvalue weighted by atomic mass is 9.90. The number of hydrogen-bond donors (Lipinski definition) is 0. The van der Waals surface area contributed by atoms with Crippen LogP contribution in [0, 0.1) is 13.8 Å². The van der Waals surface area contributed by atoms with Crippen LogP contribution >= 0.6 is 15.9 Å². The molecule has 0 heterocycles. The van der Waals surface area contributed by atoms with Crippen LogP contribution in [0.15, 0.2) is 40.9 Å². The Morgan fingerprint density at radius 1 is 0.812 bits per heavy atom. The SMILES string of the molecule is [B]c1cc(C)cc(-c2cc(C)cc(Br)c2)c1. The first kappa shape index (κ1) is 11.5. The zero-order valence-electron chi connectivity index (χ0n) is 9.42. The minimum absolute atomic E-state index is 0.813. The Balaban J connectivity index is 2.57. The molecule has 0 unspecified atom stereocenters. The zero-order valence-corrected chi connectivity index (χ0v) is 11.0. The Hall–Kier alpha value is -1.02. The van der Waals surface area contributed by atoms with E-state index in [1.54, 1.807) is 0 Å². The summed E-state index contributed by atoms with van der Waals surface area (Å²) in [5, 5.41) is 0. The van der Waals surface area contributed by atoms with Crippen molar-refractivity contribution in [3.8, 4) is 11.1 Å². The molecule has 2 aromatic rings. The van der Waals surface area contributed by atoms with Gasteiger partial charge in [-0.05, 0) is 42.7 Å². The molecule has 0 saturated carbocycles. The molecule has 0 bridgehead atoms. The van der Waals surface area contributed by atoms with Crippen LogP contribution in [0.2, 0.25) is 0 Å². The topological polar surface area (TPSA) is 0 Å². The highest BCUT2D eigenvalue weighted by atomic mass is 79.9. The molecule has 0 saturated heterocycles. The highest BCUT2D eigenvalue weighted by molar-refractivity contribution is 9.10. The minimum Gasteiger partial charge on any atom is -0.0958 e. The highest BCUT2D eigenvalue weighted by Gasteiger charge is 2.01. The Kier molecular flexibility index (Phi) is 3.20. The molecule has 0 amide bonds. The zero-order chi connectivity index (χ0) is 11.7. The van der Waals surface area contributed by atoms with Gasteiger partial charge in [0.1, 0.15) is 7.85 Å². The molecular formula is C14H12BBr. The largest absolute Gasteiger partial charge is 0.113 e. The lowest BCUT2D eigenvalue weighted by molar-refractivity contribution is 1.43. The van der Waals surface area contributed by atoms with Crippen molar-refractivity contribution in [2.24, 2.45) is 0 Å². The van der Waals surface area contributed by atoms with Gasteiger partial charge in [0.2, 0.25) is 0 Å². The molecule has 0 aliphatic rings. The third kappa shape index (κ3) is 2.56. The summed E-state index contributed by atoms with van der Waals surface area (Å²) in [6.45, 7) is 4.15. The van der Waals surface area contributed by atoms with Gasteiger partial charge < -0.3 is 0 Å². The Morgan fingerprint density at radius 2 is 1.38 bits per heavy atom. The Labute approximate surface area is 106 Å². The summed E-state index contributed by atoms with van der Waals surface area (Å²) in [7, 11) is 5.86. The maximum atomic E-state index is 5.86. The van der Waals surface area contributed by atoms with Crippen LogP contribution in [0.1, 0.15) is 11.1 Å². The van der Waals surface area contributed by atoms with Crippen LogP contribution in [0.4, 0.5) is 0 Å². The molecule has 0 nitrogen and oxygen atoms in total. The Bertz CT molecular complexity index is 442. The molecule has 0 fully saturated rings. The second-order valence-electron chi connectivity index (χ2n) is 4.15. The predicted octanol–water partition coefficient (Wildman–Crippen LogP) is 3.53. The normalized spacial score (nSPS) is 10.4. The van der Waals surface area contributed by atoms with Gasteiger partial charge in [-0.15, -0.1) is 0 Å². The summed E-state index contributed by atoms with van der Waals surface area (Å²) in [5.74, 6) is 0. The van der Waals surface area contributed by atoms with E-state index < -0.39 is 0 Å². The van der Waals surface area contributed by atoms with Crippen molar-refractivity contribution in [3.63, 3.8) is 0 Å². The average Bonchev–Trinajstić information content (AvgIpc) is 2.14. The van der Waals surface area contributed by atoms with Gasteiger partial charge in [0, 0.05) is 4.47 Å². The number of rotatable bonds is 1. The van der Waals surface area contributed by atoms with E-state index in [2.05, 4.69) is 54.0 Å². The van der Waals surface area contributed by atoms with Gasteiger partial charge in [-0.25, -0.2) is 0 Å². The van der Waals surface area contributed by atoms with Gasteiger partial charge in [-0.2, -0.15) is 0 Å². The monoisotopic (exact) mass is 270 g/mol. The first-order valence-corrected chi connectivity index (χ1v) is 5.98. The van der Waals surface area contributed by atoms with E-state index in [9.17, 15) is 0 Å². The molecule has 0 N–H and O–H groups in total. The number of benzene rings is 2. The van der Waals surface area contributed by atoms with Gasteiger partial charge in [0.05, 0.1) is 0 Å². The van der Waals surface area contributed by atoms with Gasteiger partial charge in [-0.1, -0.05) is 51.2 Å². The first-order valence-electron chi connectivity index (χ1n) is 5.19. The van der Waals surface area contributed by atoms with Crippen LogP contribution in [0.5, 0.6) is 0 Å². The van der Waals surface area contributed by atoms with Crippen molar-refractivity contribution in [1.82, 2.24) is 0 Å². The van der Waals surface area contributed by atoms with Crippen LogP contribution < -0.4 is 5.46 Å². The van der Waals surface area contributed by atoms with E-state index in [0.717, 1.165) is 9.94 Å². The molecule has 0 spiro atoms. The number of halogens is 1. The van der Waals surface area contributed by atoms with Gasteiger partial charge in [0.25, 0.3) is 0 Å². The molecule has 0 aliphatic carbocycles. The summed E-state index contributed by atoms with van der Waals surface area (Å²) in [6, 6.07) is 12.5. The molecule has 2 heteroatoms. The summed E-state index contributed by atoms with van der Waals surface area (Å²) in [5.41, 5.74) is 5.61. The molecule has 0 aliphatic heterocycles. The Morgan fingerprint density at radius 3 is 1.94 bits per heavy atom. The van der Waals surface area contributed by atoms with Crippen LogP contribution in [-0.2, 0) is 0 Å². The molecule has 2 rings (SSSR count). The second-order valence-corrected chi connectivity index (χ2v) is 5.07. The van der Waals surface area contributed by atoms with E-state index in [1.807, 2.05) is 12.1 Å². The quantitative estimate of drug-likeness (QED) is 0.696. The smallest absolute Gasteiger partial charge is 0.0958 e. The maximum Gasteiger partial charge on any atom is 0.113 e. The fourth-order valence-corrected chi connectivity index (χ4v) is 2.49. The molecule has 2 radical (unpaired) electrons. The van der Waals surface area contributed by atoms with E-state index in [4.69, 9.17) is 7.85 Å². The van der Waals surface area contributed by atoms with E-state index >= 15 is 0 Å². The summed E-state index contributed by atoms with van der Waals surface area (Å²) in [4.78, 5) is 0. The van der Waals surface area contributed by atoms with Crippen LogP contribution in [0.3, 0.4) is 0 Å². The standard InChI is InChI=1S/C14H12BBr/c1-9-3-11(7-13(15)5-9)12-4-10(2)6-14(16)8-12/h3-8H,1-2H3. The molecule has 0 atom stereocenters. The fourth-order valence-electron chi connectivity index (χ4n) is 1.88. The van der Waals surface area contributed by atoms with Crippen molar-refractivity contribution in [1.29, 1.82) is 0 Å².